The Bertz CT molecular complexity index is 1090. The number of benzene rings is 1. The fraction of sp³-hybridized carbons (Fsp3) is 0.375. The highest BCUT2D eigenvalue weighted by atomic mass is 32.1. The normalized spacial score (nSPS) is 19.1. The van der Waals surface area contributed by atoms with E-state index < -0.39 is 5.91 Å². The zero-order valence-corrected chi connectivity index (χ0v) is 18.7. The Morgan fingerprint density at radius 3 is 2.50 bits per heavy atom. The Morgan fingerprint density at radius 2 is 1.80 bits per heavy atom. The van der Waals surface area contributed by atoms with E-state index in [1.54, 1.807) is 6.08 Å². The van der Waals surface area contributed by atoms with Crippen molar-refractivity contribution in [3.05, 3.63) is 57.9 Å². The van der Waals surface area contributed by atoms with Crippen LogP contribution in [-0.2, 0) is 9.59 Å². The van der Waals surface area contributed by atoms with Crippen LogP contribution in [0.1, 0.15) is 59.8 Å². The maximum Gasteiger partial charge on any atom is 0.270 e. The molecule has 1 aromatic heterocycles. The molecule has 2 fully saturated rings. The van der Waals surface area contributed by atoms with Crippen LogP contribution in [0.5, 0.6) is 0 Å². The van der Waals surface area contributed by atoms with Crippen LogP contribution in [0.2, 0.25) is 0 Å². The largest absolute Gasteiger partial charge is 0.346 e. The summed E-state index contributed by atoms with van der Waals surface area (Å²) in [5, 5.41) is 2.81. The van der Waals surface area contributed by atoms with Gasteiger partial charge in [0.2, 0.25) is 0 Å². The van der Waals surface area contributed by atoms with Gasteiger partial charge in [0.15, 0.2) is 5.11 Å². The van der Waals surface area contributed by atoms with Crippen LogP contribution >= 0.6 is 12.2 Å². The SMILES string of the molecule is Cc1cccc(N2C(=O)/C(=C/c3cc(C)n(C4CCCC4)c3C)C(=O)NC2=S)c1C. The smallest absolute Gasteiger partial charge is 0.270 e. The van der Waals surface area contributed by atoms with Crippen molar-refractivity contribution in [1.29, 1.82) is 0 Å². The van der Waals surface area contributed by atoms with Crippen molar-refractivity contribution in [2.75, 3.05) is 4.90 Å². The van der Waals surface area contributed by atoms with E-state index in [-0.39, 0.29) is 16.6 Å². The zero-order chi connectivity index (χ0) is 21.6. The highest BCUT2D eigenvalue weighted by Gasteiger charge is 2.35. The maximum atomic E-state index is 13.4. The first-order valence-corrected chi connectivity index (χ1v) is 10.9. The number of nitrogens with zero attached hydrogens (tertiary/aromatic N) is 2. The summed E-state index contributed by atoms with van der Waals surface area (Å²) in [6, 6.07) is 8.31. The maximum absolute atomic E-state index is 13.4. The Balaban J connectivity index is 1.75. The number of rotatable bonds is 3. The van der Waals surface area contributed by atoms with E-state index in [0.29, 0.717) is 11.7 Å². The van der Waals surface area contributed by atoms with Crippen molar-refractivity contribution in [2.24, 2.45) is 0 Å². The van der Waals surface area contributed by atoms with E-state index in [0.717, 1.165) is 28.1 Å². The van der Waals surface area contributed by atoms with Crippen molar-refractivity contribution in [2.45, 2.75) is 59.4 Å². The molecule has 0 bridgehead atoms. The fourth-order valence-corrected chi connectivity index (χ4v) is 4.96. The summed E-state index contributed by atoms with van der Waals surface area (Å²) in [7, 11) is 0. The highest BCUT2D eigenvalue weighted by molar-refractivity contribution is 7.80. The standard InChI is InChI=1S/C24H27N3O2S/c1-14-8-7-11-21(16(14)3)27-23(29)20(22(28)25-24(27)30)13-18-12-15(2)26(17(18)4)19-9-5-6-10-19/h7-8,11-13,19H,5-6,9-10H2,1-4H3,(H,25,28,30)/b20-13+. The number of hydrogen-bond donors (Lipinski definition) is 1. The Hall–Kier alpha value is -2.73. The Kier molecular flexibility index (Phi) is 5.36. The second kappa shape index (κ2) is 7.84. The Labute approximate surface area is 182 Å². The number of amides is 2. The molecule has 30 heavy (non-hydrogen) atoms. The molecule has 6 heteroatoms. The molecule has 2 heterocycles. The van der Waals surface area contributed by atoms with Gasteiger partial charge in [-0.2, -0.15) is 0 Å². The molecule has 0 atom stereocenters. The van der Waals surface area contributed by atoms with E-state index in [2.05, 4.69) is 29.8 Å². The second-order valence-corrected chi connectivity index (χ2v) is 8.70. The third-order valence-corrected chi connectivity index (χ3v) is 6.72. The van der Waals surface area contributed by atoms with Gasteiger partial charge in [-0.1, -0.05) is 25.0 Å². The van der Waals surface area contributed by atoms with E-state index in [1.807, 2.05) is 32.0 Å². The summed E-state index contributed by atoms with van der Waals surface area (Å²) < 4.78 is 2.36. The number of hydrogen-bond acceptors (Lipinski definition) is 3. The molecular weight excluding hydrogens is 394 g/mol. The molecule has 1 N–H and O–H groups in total. The number of aryl methyl sites for hydroxylation is 2. The van der Waals surface area contributed by atoms with Crippen LogP contribution in [0.25, 0.3) is 6.08 Å². The minimum Gasteiger partial charge on any atom is -0.346 e. The van der Waals surface area contributed by atoms with E-state index in [9.17, 15) is 9.59 Å². The molecule has 1 aliphatic carbocycles. The third kappa shape index (κ3) is 3.39. The molecule has 156 valence electrons. The van der Waals surface area contributed by atoms with E-state index >= 15 is 0 Å². The minimum absolute atomic E-state index is 0.108. The van der Waals surface area contributed by atoms with Gasteiger partial charge in [-0.25, -0.2) is 0 Å². The lowest BCUT2D eigenvalue weighted by atomic mass is 10.0. The van der Waals surface area contributed by atoms with Gasteiger partial charge in [0.05, 0.1) is 5.69 Å². The van der Waals surface area contributed by atoms with Crippen LogP contribution in [-0.4, -0.2) is 21.5 Å². The molecule has 0 spiro atoms. The number of carbonyl (C=O) groups is 2. The van der Waals surface area contributed by atoms with Gasteiger partial charge in [-0.15, -0.1) is 0 Å². The van der Waals surface area contributed by atoms with E-state index in [1.165, 1.54) is 30.6 Å². The molecule has 0 unspecified atom stereocenters. The predicted octanol–water partition coefficient (Wildman–Crippen LogP) is 4.67. The van der Waals surface area contributed by atoms with Gasteiger partial charge in [0.25, 0.3) is 11.8 Å². The van der Waals surface area contributed by atoms with E-state index in [4.69, 9.17) is 12.2 Å². The van der Waals surface area contributed by atoms with Crippen molar-refractivity contribution >= 4 is 40.9 Å². The first kappa shape index (κ1) is 20.5. The lowest BCUT2D eigenvalue weighted by Gasteiger charge is -2.30. The van der Waals surface area contributed by atoms with Gasteiger partial charge in [-0.3, -0.25) is 19.8 Å². The topological polar surface area (TPSA) is 54.3 Å². The first-order chi connectivity index (χ1) is 14.3. The second-order valence-electron chi connectivity index (χ2n) is 8.31. The molecule has 2 aliphatic rings. The van der Waals surface area contributed by atoms with Crippen molar-refractivity contribution < 1.29 is 9.59 Å². The molecule has 2 amide bonds. The van der Waals surface area contributed by atoms with Gasteiger partial charge >= 0.3 is 0 Å². The monoisotopic (exact) mass is 421 g/mol. The van der Waals surface area contributed by atoms with Crippen LogP contribution < -0.4 is 10.2 Å². The number of aromatic nitrogens is 1. The van der Waals surface area contributed by atoms with Crippen LogP contribution in [0.15, 0.2) is 29.8 Å². The molecule has 1 aliphatic heterocycles. The van der Waals surface area contributed by atoms with Crippen LogP contribution in [0.4, 0.5) is 5.69 Å². The summed E-state index contributed by atoms with van der Waals surface area (Å²) in [6.07, 6.45) is 6.58. The summed E-state index contributed by atoms with van der Waals surface area (Å²) >= 11 is 5.35. The number of anilines is 1. The molecular formula is C24H27N3O2S. The number of carbonyl (C=O) groups excluding carboxylic acids is 2. The molecule has 1 aromatic carbocycles. The summed E-state index contributed by atoms with van der Waals surface area (Å²) in [5.74, 6) is -0.833. The zero-order valence-electron chi connectivity index (χ0n) is 17.9. The molecule has 1 saturated carbocycles. The van der Waals surface area contributed by atoms with Crippen molar-refractivity contribution in [3.63, 3.8) is 0 Å². The summed E-state index contributed by atoms with van der Waals surface area (Å²) in [5.41, 5.74) is 6.00. The first-order valence-electron chi connectivity index (χ1n) is 10.5. The summed E-state index contributed by atoms with van der Waals surface area (Å²) in [4.78, 5) is 27.5. The lowest BCUT2D eigenvalue weighted by molar-refractivity contribution is -0.122. The summed E-state index contributed by atoms with van der Waals surface area (Å²) in [6.45, 7) is 8.10. The minimum atomic E-state index is -0.447. The van der Waals surface area contributed by atoms with Crippen LogP contribution in [0, 0.1) is 27.7 Å². The molecule has 5 nitrogen and oxygen atoms in total. The fourth-order valence-electron chi connectivity index (χ4n) is 4.68. The van der Waals surface area contributed by atoms with Crippen LogP contribution in [0.3, 0.4) is 0 Å². The average Bonchev–Trinajstić information content (AvgIpc) is 3.30. The van der Waals surface area contributed by atoms with Gasteiger partial charge < -0.3 is 4.57 Å². The molecule has 1 saturated heterocycles. The molecule has 0 radical (unpaired) electrons. The third-order valence-electron chi connectivity index (χ3n) is 6.43. The molecule has 4 rings (SSSR count). The predicted molar refractivity (Wildman–Crippen MR) is 124 cm³/mol. The van der Waals surface area contributed by atoms with Gasteiger partial charge in [-0.05, 0) is 87.7 Å². The number of nitrogens with one attached hydrogen (secondary N) is 1. The van der Waals surface area contributed by atoms with Crippen molar-refractivity contribution in [3.8, 4) is 0 Å². The quantitative estimate of drug-likeness (QED) is 0.445. The lowest BCUT2D eigenvalue weighted by Crippen LogP contribution is -2.54. The van der Waals surface area contributed by atoms with Gasteiger partial charge in [0.1, 0.15) is 5.57 Å². The number of thiocarbonyl (C=S) groups is 1. The van der Waals surface area contributed by atoms with Gasteiger partial charge in [0, 0.05) is 17.4 Å². The highest BCUT2D eigenvalue weighted by Crippen LogP contribution is 2.34. The van der Waals surface area contributed by atoms with Crippen molar-refractivity contribution in [1.82, 2.24) is 9.88 Å². The Morgan fingerprint density at radius 1 is 1.10 bits per heavy atom. The molecule has 2 aromatic rings. The average molecular weight is 422 g/mol.